The lowest BCUT2D eigenvalue weighted by Crippen LogP contribution is -2.48. The van der Waals surface area contributed by atoms with Crippen molar-refractivity contribution in [1.82, 2.24) is 19.7 Å². The minimum absolute atomic E-state index is 0.182. The van der Waals surface area contributed by atoms with E-state index >= 15 is 0 Å². The summed E-state index contributed by atoms with van der Waals surface area (Å²) in [5.74, 6) is 1.34. The molecule has 1 aromatic heterocycles. The number of carbonyl (C=O) groups excluding carboxylic acids is 1. The molecule has 0 radical (unpaired) electrons. The largest absolute Gasteiger partial charge is 0.337 e. The van der Waals surface area contributed by atoms with E-state index in [2.05, 4.69) is 64.7 Å². The molecule has 162 valence electrons. The Labute approximate surface area is 188 Å². The molecule has 0 bridgehead atoms. The van der Waals surface area contributed by atoms with Crippen LogP contribution in [0.4, 0.5) is 0 Å². The second-order valence-electron chi connectivity index (χ2n) is 8.25. The lowest BCUT2D eigenvalue weighted by molar-refractivity contribution is -0.134. The summed E-state index contributed by atoms with van der Waals surface area (Å²) in [4.78, 5) is 15.1. The van der Waals surface area contributed by atoms with Gasteiger partial charge in [-0.1, -0.05) is 61.2 Å². The first-order valence-corrected chi connectivity index (χ1v) is 12.1. The van der Waals surface area contributed by atoms with E-state index in [1.165, 1.54) is 23.7 Å². The first kappa shape index (κ1) is 21.6. The van der Waals surface area contributed by atoms with Gasteiger partial charge in [-0.3, -0.25) is 9.36 Å². The van der Waals surface area contributed by atoms with Gasteiger partial charge in [0.2, 0.25) is 5.91 Å². The molecule has 2 atom stereocenters. The van der Waals surface area contributed by atoms with Crippen LogP contribution in [-0.4, -0.2) is 43.4 Å². The average Bonchev–Trinajstić information content (AvgIpc) is 3.22. The maximum Gasteiger partial charge on any atom is 0.233 e. The van der Waals surface area contributed by atoms with Crippen LogP contribution < -0.4 is 0 Å². The molecule has 2 aromatic carbocycles. The van der Waals surface area contributed by atoms with Gasteiger partial charge < -0.3 is 4.90 Å². The zero-order chi connectivity index (χ0) is 21.8. The van der Waals surface area contributed by atoms with Gasteiger partial charge in [0, 0.05) is 23.3 Å². The van der Waals surface area contributed by atoms with Gasteiger partial charge in [0.05, 0.1) is 5.75 Å². The normalized spacial score (nSPS) is 18.9. The van der Waals surface area contributed by atoms with Crippen LogP contribution in [0.5, 0.6) is 0 Å². The lowest BCUT2D eigenvalue weighted by Gasteiger charge is -2.39. The maximum atomic E-state index is 13.0. The fraction of sp³-hybridized carbons (Fsp3) is 0.400. The highest BCUT2D eigenvalue weighted by Crippen LogP contribution is 2.29. The summed E-state index contributed by atoms with van der Waals surface area (Å²) in [7, 11) is 0. The number of carbonyl (C=O) groups is 1. The molecule has 1 aliphatic heterocycles. The van der Waals surface area contributed by atoms with Crippen LogP contribution in [0, 0.1) is 0 Å². The molecule has 1 saturated heterocycles. The number of benzene rings is 2. The molecule has 0 unspecified atom stereocenters. The van der Waals surface area contributed by atoms with E-state index in [-0.39, 0.29) is 5.91 Å². The van der Waals surface area contributed by atoms with Crippen molar-refractivity contribution in [2.75, 3.05) is 5.75 Å². The van der Waals surface area contributed by atoms with E-state index in [1.807, 2.05) is 30.3 Å². The number of likely N-dealkylation sites (tertiary alicyclic amines) is 1. The third-order valence-corrected chi connectivity index (χ3v) is 6.99. The second kappa shape index (κ2) is 9.69. The van der Waals surface area contributed by atoms with Crippen LogP contribution >= 0.6 is 11.8 Å². The van der Waals surface area contributed by atoms with Crippen molar-refractivity contribution in [2.24, 2.45) is 0 Å². The third kappa shape index (κ3) is 4.69. The SMILES string of the molecule is CCc1ccc(-n2c(SCC(=O)N3[C@H](C)CCC[C@H]3C)nnc2-c2ccccc2)cc1. The molecule has 5 nitrogen and oxygen atoms in total. The van der Waals surface area contributed by atoms with Crippen molar-refractivity contribution in [3.05, 3.63) is 60.2 Å². The van der Waals surface area contributed by atoms with E-state index in [4.69, 9.17) is 0 Å². The van der Waals surface area contributed by atoms with Crippen LogP contribution in [0.2, 0.25) is 0 Å². The first-order chi connectivity index (χ1) is 15.1. The van der Waals surface area contributed by atoms with E-state index < -0.39 is 0 Å². The number of hydrogen-bond donors (Lipinski definition) is 0. The van der Waals surface area contributed by atoms with Gasteiger partial charge in [0.1, 0.15) is 0 Å². The summed E-state index contributed by atoms with van der Waals surface area (Å²) in [6.45, 7) is 6.46. The minimum atomic E-state index is 0.182. The van der Waals surface area contributed by atoms with Gasteiger partial charge in [0.15, 0.2) is 11.0 Å². The monoisotopic (exact) mass is 434 g/mol. The highest BCUT2D eigenvalue weighted by molar-refractivity contribution is 7.99. The molecule has 1 amide bonds. The van der Waals surface area contributed by atoms with Crippen LogP contribution in [0.3, 0.4) is 0 Å². The summed E-state index contributed by atoms with van der Waals surface area (Å²) in [6, 6.07) is 19.2. The Morgan fingerprint density at radius 3 is 2.32 bits per heavy atom. The Bertz CT molecular complexity index is 1010. The summed E-state index contributed by atoms with van der Waals surface area (Å²) < 4.78 is 2.07. The molecular weight excluding hydrogens is 404 g/mol. The lowest BCUT2D eigenvalue weighted by atomic mass is 9.98. The van der Waals surface area contributed by atoms with Crippen molar-refractivity contribution in [1.29, 1.82) is 0 Å². The number of piperidine rings is 1. The Balaban J connectivity index is 1.63. The number of thioether (sulfide) groups is 1. The molecule has 4 rings (SSSR count). The van der Waals surface area contributed by atoms with Crippen molar-refractivity contribution in [2.45, 2.75) is 63.7 Å². The highest BCUT2D eigenvalue weighted by atomic mass is 32.2. The smallest absolute Gasteiger partial charge is 0.233 e. The van der Waals surface area contributed by atoms with Gasteiger partial charge in [-0.15, -0.1) is 10.2 Å². The van der Waals surface area contributed by atoms with Crippen LogP contribution in [-0.2, 0) is 11.2 Å². The number of hydrogen-bond acceptors (Lipinski definition) is 4. The fourth-order valence-corrected chi connectivity index (χ4v) is 5.19. The fourth-order valence-electron chi connectivity index (χ4n) is 4.36. The standard InChI is InChI=1S/C25H30N4OS/c1-4-20-13-15-22(16-14-20)29-24(21-11-6-5-7-12-21)26-27-25(29)31-17-23(30)28-18(2)9-8-10-19(28)3/h5-7,11-16,18-19H,4,8-10,17H2,1-3H3/t18-,19-/m1/s1. The van der Waals surface area contributed by atoms with Crippen LogP contribution in [0.1, 0.15) is 45.6 Å². The van der Waals surface area contributed by atoms with Gasteiger partial charge >= 0.3 is 0 Å². The zero-order valence-electron chi connectivity index (χ0n) is 18.5. The molecule has 0 spiro atoms. The first-order valence-electron chi connectivity index (χ1n) is 11.1. The Kier molecular flexibility index (Phi) is 6.76. The van der Waals surface area contributed by atoms with Crippen molar-refractivity contribution in [3.8, 4) is 17.1 Å². The maximum absolute atomic E-state index is 13.0. The average molecular weight is 435 g/mol. The predicted octanol–water partition coefficient (Wildman–Crippen LogP) is 5.38. The molecule has 3 aromatic rings. The highest BCUT2D eigenvalue weighted by Gasteiger charge is 2.29. The Morgan fingerprint density at radius 1 is 1.00 bits per heavy atom. The van der Waals surface area contributed by atoms with Gasteiger partial charge in [-0.2, -0.15) is 0 Å². The summed E-state index contributed by atoms with van der Waals surface area (Å²) in [5, 5.41) is 9.71. The molecule has 0 N–H and O–H groups in total. The van der Waals surface area contributed by atoms with Gasteiger partial charge in [-0.05, 0) is 57.2 Å². The van der Waals surface area contributed by atoms with E-state index in [9.17, 15) is 4.79 Å². The summed E-state index contributed by atoms with van der Waals surface area (Å²) in [5.41, 5.74) is 3.30. The van der Waals surface area contributed by atoms with Crippen molar-refractivity contribution >= 4 is 17.7 Å². The Hall–Kier alpha value is -2.60. The number of rotatable bonds is 6. The van der Waals surface area contributed by atoms with E-state index in [0.29, 0.717) is 17.8 Å². The molecule has 2 heterocycles. The van der Waals surface area contributed by atoms with Crippen molar-refractivity contribution < 1.29 is 4.79 Å². The molecule has 0 aliphatic carbocycles. The molecule has 31 heavy (non-hydrogen) atoms. The minimum Gasteiger partial charge on any atom is -0.337 e. The topological polar surface area (TPSA) is 51.0 Å². The molecule has 1 aliphatic rings. The number of aromatic nitrogens is 3. The molecular formula is C25H30N4OS. The number of aryl methyl sites for hydroxylation is 1. The van der Waals surface area contributed by atoms with Gasteiger partial charge in [0.25, 0.3) is 0 Å². The van der Waals surface area contributed by atoms with Crippen molar-refractivity contribution in [3.63, 3.8) is 0 Å². The molecule has 6 heteroatoms. The van der Waals surface area contributed by atoms with E-state index in [0.717, 1.165) is 41.5 Å². The summed E-state index contributed by atoms with van der Waals surface area (Å²) in [6.07, 6.45) is 4.36. The van der Waals surface area contributed by atoms with Crippen LogP contribution in [0.15, 0.2) is 59.8 Å². The summed E-state index contributed by atoms with van der Waals surface area (Å²) >= 11 is 1.47. The number of amides is 1. The zero-order valence-corrected chi connectivity index (χ0v) is 19.3. The second-order valence-corrected chi connectivity index (χ2v) is 9.19. The quantitative estimate of drug-likeness (QED) is 0.489. The number of nitrogens with zero attached hydrogens (tertiary/aromatic N) is 4. The third-order valence-electron chi connectivity index (χ3n) is 6.07. The Morgan fingerprint density at radius 2 is 1.68 bits per heavy atom. The molecule has 1 fully saturated rings. The predicted molar refractivity (Wildman–Crippen MR) is 127 cm³/mol. The molecule has 0 saturated carbocycles. The van der Waals surface area contributed by atoms with E-state index in [1.54, 1.807) is 0 Å². The van der Waals surface area contributed by atoms with Crippen LogP contribution in [0.25, 0.3) is 17.1 Å². The van der Waals surface area contributed by atoms with Gasteiger partial charge in [-0.25, -0.2) is 0 Å².